The van der Waals surface area contributed by atoms with Crippen molar-refractivity contribution in [3.63, 3.8) is 0 Å². The van der Waals surface area contributed by atoms with E-state index in [1.54, 1.807) is 0 Å². The van der Waals surface area contributed by atoms with E-state index in [4.69, 9.17) is 0 Å². The van der Waals surface area contributed by atoms with E-state index in [-0.39, 0.29) is 0 Å². The maximum Gasteiger partial charge on any atom is 0.0160 e. The van der Waals surface area contributed by atoms with Gasteiger partial charge in [0.2, 0.25) is 0 Å². The van der Waals surface area contributed by atoms with Crippen molar-refractivity contribution in [2.75, 3.05) is 6.54 Å². The van der Waals surface area contributed by atoms with Crippen LogP contribution in [0.3, 0.4) is 0 Å². The fraction of sp³-hybridized carbons (Fsp3) is 1.00. The Morgan fingerprint density at radius 1 is 1.24 bits per heavy atom. The summed E-state index contributed by atoms with van der Waals surface area (Å²) in [4.78, 5) is 2.89. The van der Waals surface area contributed by atoms with Crippen LogP contribution in [0.5, 0.6) is 0 Å². The summed E-state index contributed by atoms with van der Waals surface area (Å²) < 4.78 is 0. The molecule has 0 aromatic rings. The molecular formula is C16H29N. The molecule has 1 saturated heterocycles. The second kappa shape index (κ2) is 3.98. The van der Waals surface area contributed by atoms with Crippen molar-refractivity contribution in [2.45, 2.75) is 71.9 Å². The zero-order valence-electron chi connectivity index (χ0n) is 12.1. The number of hydrogen-bond acceptors (Lipinski definition) is 1. The molecule has 3 fully saturated rings. The summed E-state index contributed by atoms with van der Waals surface area (Å²) in [6.07, 6.45) is 7.37. The van der Waals surface area contributed by atoms with Gasteiger partial charge in [-0.1, -0.05) is 34.1 Å². The van der Waals surface area contributed by atoms with Gasteiger partial charge in [0.15, 0.2) is 0 Å². The molecular weight excluding hydrogens is 206 g/mol. The summed E-state index contributed by atoms with van der Waals surface area (Å²) in [6.45, 7) is 11.2. The lowest BCUT2D eigenvalue weighted by Gasteiger charge is -2.36. The SMILES string of the molecule is CCC1C2C(C)CC(C)C23CCCC3N1CC. The van der Waals surface area contributed by atoms with Crippen LogP contribution in [0.2, 0.25) is 0 Å². The molecule has 1 aliphatic heterocycles. The molecule has 0 aromatic heterocycles. The molecule has 17 heavy (non-hydrogen) atoms. The molecule has 2 aliphatic carbocycles. The van der Waals surface area contributed by atoms with Crippen LogP contribution in [-0.2, 0) is 0 Å². The Labute approximate surface area is 107 Å². The number of likely N-dealkylation sites (tertiary alicyclic amines) is 1. The third-order valence-electron chi connectivity index (χ3n) is 6.61. The van der Waals surface area contributed by atoms with Gasteiger partial charge in [-0.2, -0.15) is 0 Å². The smallest absolute Gasteiger partial charge is 0.0160 e. The number of nitrogens with zero attached hydrogens (tertiary/aromatic N) is 1. The van der Waals surface area contributed by atoms with Gasteiger partial charge in [-0.25, -0.2) is 0 Å². The average Bonchev–Trinajstić information content (AvgIpc) is 2.88. The van der Waals surface area contributed by atoms with Crippen LogP contribution in [0.4, 0.5) is 0 Å². The lowest BCUT2D eigenvalue weighted by Crippen LogP contribution is -2.40. The lowest BCUT2D eigenvalue weighted by atomic mass is 9.68. The Morgan fingerprint density at radius 3 is 2.65 bits per heavy atom. The summed E-state index contributed by atoms with van der Waals surface area (Å²) in [5.74, 6) is 2.95. The maximum absolute atomic E-state index is 2.89. The third-order valence-corrected chi connectivity index (χ3v) is 6.61. The summed E-state index contributed by atoms with van der Waals surface area (Å²) in [5.41, 5.74) is 0.718. The highest BCUT2D eigenvalue weighted by Crippen LogP contribution is 2.66. The normalized spacial score (nSPS) is 54.0. The zero-order valence-corrected chi connectivity index (χ0v) is 12.1. The van der Waals surface area contributed by atoms with Gasteiger partial charge in [0, 0.05) is 12.1 Å². The third kappa shape index (κ3) is 1.30. The molecule has 6 atom stereocenters. The van der Waals surface area contributed by atoms with E-state index in [9.17, 15) is 0 Å². The van der Waals surface area contributed by atoms with E-state index in [1.807, 2.05) is 0 Å². The Hall–Kier alpha value is -0.0400. The largest absolute Gasteiger partial charge is 0.297 e. The first-order valence-electron chi connectivity index (χ1n) is 7.92. The molecule has 6 unspecified atom stereocenters. The highest BCUT2D eigenvalue weighted by Gasteiger charge is 2.65. The van der Waals surface area contributed by atoms with Crippen LogP contribution in [0.25, 0.3) is 0 Å². The molecule has 0 aromatic carbocycles. The van der Waals surface area contributed by atoms with Gasteiger partial charge < -0.3 is 0 Å². The first-order valence-corrected chi connectivity index (χ1v) is 7.92. The quantitative estimate of drug-likeness (QED) is 0.701. The summed E-state index contributed by atoms with van der Waals surface area (Å²) in [5, 5.41) is 0. The van der Waals surface area contributed by atoms with E-state index in [1.165, 1.54) is 38.6 Å². The first kappa shape index (κ1) is 12.0. The lowest BCUT2D eigenvalue weighted by molar-refractivity contribution is 0.128. The van der Waals surface area contributed by atoms with E-state index >= 15 is 0 Å². The number of rotatable bonds is 2. The van der Waals surface area contributed by atoms with E-state index < -0.39 is 0 Å². The molecule has 1 heterocycles. The first-order chi connectivity index (χ1) is 8.16. The van der Waals surface area contributed by atoms with Gasteiger partial charge in [0.05, 0.1) is 0 Å². The highest BCUT2D eigenvalue weighted by atomic mass is 15.2. The van der Waals surface area contributed by atoms with Crippen LogP contribution < -0.4 is 0 Å². The van der Waals surface area contributed by atoms with Gasteiger partial charge in [-0.15, -0.1) is 0 Å². The minimum Gasteiger partial charge on any atom is -0.297 e. The molecule has 0 N–H and O–H groups in total. The molecule has 0 amide bonds. The molecule has 3 aliphatic rings. The summed E-state index contributed by atoms with van der Waals surface area (Å²) in [6, 6.07) is 1.83. The number of hydrogen-bond donors (Lipinski definition) is 0. The molecule has 0 radical (unpaired) electrons. The maximum atomic E-state index is 2.89. The second-order valence-electron chi connectivity index (χ2n) is 6.97. The van der Waals surface area contributed by atoms with E-state index in [0.717, 1.165) is 35.3 Å². The van der Waals surface area contributed by atoms with Crippen molar-refractivity contribution >= 4 is 0 Å². The van der Waals surface area contributed by atoms with Gasteiger partial charge in [-0.05, 0) is 55.4 Å². The van der Waals surface area contributed by atoms with Crippen LogP contribution >= 0.6 is 0 Å². The van der Waals surface area contributed by atoms with Gasteiger partial charge in [0.25, 0.3) is 0 Å². The predicted molar refractivity (Wildman–Crippen MR) is 73.0 cm³/mol. The minimum atomic E-state index is 0.718. The Balaban J connectivity index is 2.03. The van der Waals surface area contributed by atoms with Crippen molar-refractivity contribution in [1.82, 2.24) is 4.90 Å². The topological polar surface area (TPSA) is 3.24 Å². The van der Waals surface area contributed by atoms with Crippen molar-refractivity contribution in [1.29, 1.82) is 0 Å². The molecule has 0 bridgehead atoms. The molecule has 1 heteroatoms. The molecule has 2 saturated carbocycles. The predicted octanol–water partition coefficient (Wildman–Crippen LogP) is 3.93. The van der Waals surface area contributed by atoms with Crippen molar-refractivity contribution in [2.24, 2.45) is 23.2 Å². The van der Waals surface area contributed by atoms with Crippen LogP contribution in [0.1, 0.15) is 59.8 Å². The molecule has 1 nitrogen and oxygen atoms in total. The monoisotopic (exact) mass is 235 g/mol. The van der Waals surface area contributed by atoms with Gasteiger partial charge in [0.1, 0.15) is 0 Å². The van der Waals surface area contributed by atoms with Crippen molar-refractivity contribution in [3.8, 4) is 0 Å². The second-order valence-corrected chi connectivity index (χ2v) is 6.97. The fourth-order valence-corrected chi connectivity index (χ4v) is 6.38. The fourth-order valence-electron chi connectivity index (χ4n) is 6.38. The Kier molecular flexibility index (Phi) is 2.81. The Bertz CT molecular complexity index is 300. The zero-order chi connectivity index (χ0) is 12.2. The van der Waals surface area contributed by atoms with Gasteiger partial charge in [-0.3, -0.25) is 4.90 Å². The average molecular weight is 235 g/mol. The van der Waals surface area contributed by atoms with Crippen LogP contribution in [0.15, 0.2) is 0 Å². The standard InChI is InChI=1S/C16H29N/c1-5-13-15-11(3)10-12(4)16(15)9-7-8-14(16)17(13)6-2/h11-15H,5-10H2,1-4H3. The summed E-state index contributed by atoms with van der Waals surface area (Å²) in [7, 11) is 0. The van der Waals surface area contributed by atoms with E-state index in [2.05, 4.69) is 32.6 Å². The van der Waals surface area contributed by atoms with Crippen LogP contribution in [-0.4, -0.2) is 23.5 Å². The van der Waals surface area contributed by atoms with Crippen LogP contribution in [0, 0.1) is 23.2 Å². The minimum absolute atomic E-state index is 0.718. The van der Waals surface area contributed by atoms with Gasteiger partial charge >= 0.3 is 0 Å². The molecule has 1 spiro atoms. The van der Waals surface area contributed by atoms with Crippen molar-refractivity contribution < 1.29 is 0 Å². The van der Waals surface area contributed by atoms with E-state index in [0.29, 0.717) is 0 Å². The Morgan fingerprint density at radius 2 is 2.00 bits per heavy atom. The van der Waals surface area contributed by atoms with Crippen molar-refractivity contribution in [3.05, 3.63) is 0 Å². The summed E-state index contributed by atoms with van der Waals surface area (Å²) >= 11 is 0. The molecule has 3 rings (SSSR count). The highest BCUT2D eigenvalue weighted by molar-refractivity contribution is 5.17. The molecule has 98 valence electrons.